The first-order valence-corrected chi connectivity index (χ1v) is 6.27. The van der Waals surface area contributed by atoms with E-state index in [9.17, 15) is 0 Å². The molecule has 2 aromatic heterocycles. The maximum atomic E-state index is 5.09. The van der Waals surface area contributed by atoms with E-state index in [0.717, 1.165) is 22.6 Å². The van der Waals surface area contributed by atoms with Crippen molar-refractivity contribution in [3.05, 3.63) is 11.4 Å². The molecule has 0 aliphatic carbocycles. The van der Waals surface area contributed by atoms with Gasteiger partial charge in [-0.3, -0.25) is 0 Å². The first-order chi connectivity index (χ1) is 8.26. The van der Waals surface area contributed by atoms with Crippen LogP contribution < -0.4 is 10.2 Å². The van der Waals surface area contributed by atoms with Gasteiger partial charge in [-0.1, -0.05) is 0 Å². The van der Waals surface area contributed by atoms with Gasteiger partial charge in [-0.15, -0.1) is 11.3 Å². The fraction of sp³-hybridized carbons (Fsp3) is 0.455. The monoisotopic (exact) mass is 252 g/mol. The second-order valence-electron chi connectivity index (χ2n) is 3.67. The number of rotatable bonds is 5. The van der Waals surface area contributed by atoms with Gasteiger partial charge >= 0.3 is 0 Å². The van der Waals surface area contributed by atoms with Crippen molar-refractivity contribution in [3.8, 4) is 0 Å². The molecule has 0 saturated heterocycles. The molecule has 2 heterocycles. The Bertz CT molecular complexity index is 499. The molecule has 2 aromatic rings. The van der Waals surface area contributed by atoms with Gasteiger partial charge in [-0.2, -0.15) is 4.98 Å². The number of hydrogen-bond acceptors (Lipinski definition) is 6. The van der Waals surface area contributed by atoms with E-state index in [1.54, 1.807) is 18.4 Å². The number of anilines is 2. The van der Waals surface area contributed by atoms with Crippen LogP contribution in [0.4, 0.5) is 11.8 Å². The Hall–Kier alpha value is -1.40. The first-order valence-electron chi connectivity index (χ1n) is 5.39. The molecule has 0 atom stereocenters. The van der Waals surface area contributed by atoms with E-state index >= 15 is 0 Å². The van der Waals surface area contributed by atoms with Crippen LogP contribution in [0.25, 0.3) is 10.2 Å². The van der Waals surface area contributed by atoms with Gasteiger partial charge in [-0.25, -0.2) is 4.98 Å². The smallest absolute Gasteiger partial charge is 0.225 e. The number of fused-ring (bicyclic) bond motifs is 1. The summed E-state index contributed by atoms with van der Waals surface area (Å²) in [5.41, 5.74) is 0. The Morgan fingerprint density at radius 2 is 2.29 bits per heavy atom. The second-order valence-corrected chi connectivity index (χ2v) is 4.57. The molecule has 6 heteroatoms. The van der Waals surface area contributed by atoms with Crippen molar-refractivity contribution in [2.24, 2.45) is 0 Å². The highest BCUT2D eigenvalue weighted by Crippen LogP contribution is 2.28. The minimum atomic E-state index is 0.652. The summed E-state index contributed by atoms with van der Waals surface area (Å²) in [6.07, 6.45) is 0. The average Bonchev–Trinajstić information content (AvgIpc) is 2.82. The van der Waals surface area contributed by atoms with Crippen LogP contribution in [0.15, 0.2) is 11.4 Å². The summed E-state index contributed by atoms with van der Waals surface area (Å²) >= 11 is 1.62. The molecule has 0 amide bonds. The highest BCUT2D eigenvalue weighted by Gasteiger charge is 2.11. The first kappa shape index (κ1) is 12.1. The minimum absolute atomic E-state index is 0.652. The number of hydrogen-bond donors (Lipinski definition) is 1. The van der Waals surface area contributed by atoms with Crippen LogP contribution in [0.3, 0.4) is 0 Å². The van der Waals surface area contributed by atoms with Crippen molar-refractivity contribution >= 4 is 33.3 Å². The number of nitrogens with zero attached hydrogens (tertiary/aromatic N) is 3. The molecule has 0 aliphatic heterocycles. The van der Waals surface area contributed by atoms with E-state index in [-0.39, 0.29) is 0 Å². The van der Waals surface area contributed by atoms with Gasteiger partial charge in [0.25, 0.3) is 0 Å². The Balaban J connectivity index is 2.39. The molecular formula is C11H16N4OS. The van der Waals surface area contributed by atoms with Gasteiger partial charge in [-0.05, 0) is 11.4 Å². The number of aromatic nitrogens is 2. The molecular weight excluding hydrogens is 236 g/mol. The lowest BCUT2D eigenvalue weighted by atomic mass is 10.3. The van der Waals surface area contributed by atoms with Crippen LogP contribution >= 0.6 is 11.3 Å². The number of nitrogens with one attached hydrogen (secondary N) is 1. The molecule has 17 heavy (non-hydrogen) atoms. The standard InChI is InChI=1S/C11H16N4OS/c1-12-11-13-9(15(2)5-6-16-3)8-4-7-17-10(8)14-11/h4,7H,5-6H2,1-3H3,(H,12,13,14). The van der Waals surface area contributed by atoms with Gasteiger partial charge in [0.1, 0.15) is 10.6 Å². The molecule has 92 valence electrons. The Labute approximate surface area is 104 Å². The van der Waals surface area contributed by atoms with Gasteiger partial charge in [0.15, 0.2) is 0 Å². The average molecular weight is 252 g/mol. The quantitative estimate of drug-likeness (QED) is 0.879. The Morgan fingerprint density at radius 1 is 1.47 bits per heavy atom. The lowest BCUT2D eigenvalue weighted by Crippen LogP contribution is -2.23. The third-order valence-electron chi connectivity index (χ3n) is 2.52. The van der Waals surface area contributed by atoms with Crippen molar-refractivity contribution in [1.29, 1.82) is 0 Å². The highest BCUT2D eigenvalue weighted by atomic mass is 32.1. The van der Waals surface area contributed by atoms with Crippen molar-refractivity contribution in [1.82, 2.24) is 9.97 Å². The SMILES string of the molecule is CNc1nc(N(C)CCOC)c2ccsc2n1. The summed E-state index contributed by atoms with van der Waals surface area (Å²) in [6, 6.07) is 2.05. The predicted octanol–water partition coefficient (Wildman–Crippen LogP) is 1.82. The largest absolute Gasteiger partial charge is 0.383 e. The molecule has 0 aromatic carbocycles. The van der Waals surface area contributed by atoms with Crippen molar-refractivity contribution < 1.29 is 4.74 Å². The summed E-state index contributed by atoms with van der Waals surface area (Å²) in [4.78, 5) is 12.0. The van der Waals surface area contributed by atoms with Crippen LogP contribution in [0, 0.1) is 0 Å². The molecule has 5 nitrogen and oxygen atoms in total. The molecule has 0 fully saturated rings. The number of ether oxygens (including phenoxy) is 1. The molecule has 0 unspecified atom stereocenters. The fourth-order valence-electron chi connectivity index (χ4n) is 1.58. The van der Waals surface area contributed by atoms with Gasteiger partial charge in [0.2, 0.25) is 5.95 Å². The van der Waals surface area contributed by atoms with E-state index in [0.29, 0.717) is 12.6 Å². The van der Waals surface area contributed by atoms with Crippen LogP contribution in [-0.4, -0.2) is 44.3 Å². The van der Waals surface area contributed by atoms with Crippen LogP contribution in [0.2, 0.25) is 0 Å². The van der Waals surface area contributed by atoms with Crippen molar-refractivity contribution in [3.63, 3.8) is 0 Å². The van der Waals surface area contributed by atoms with E-state index < -0.39 is 0 Å². The molecule has 0 saturated carbocycles. The van der Waals surface area contributed by atoms with Gasteiger partial charge in [0, 0.05) is 27.7 Å². The number of methoxy groups -OCH3 is 1. The minimum Gasteiger partial charge on any atom is -0.383 e. The lowest BCUT2D eigenvalue weighted by Gasteiger charge is -2.18. The molecule has 0 aliphatic rings. The van der Waals surface area contributed by atoms with Crippen molar-refractivity contribution in [2.45, 2.75) is 0 Å². The maximum Gasteiger partial charge on any atom is 0.225 e. The maximum absolute atomic E-state index is 5.09. The summed E-state index contributed by atoms with van der Waals surface area (Å²) in [6.45, 7) is 1.49. The lowest BCUT2D eigenvalue weighted by molar-refractivity contribution is 0.206. The second kappa shape index (κ2) is 5.29. The van der Waals surface area contributed by atoms with Crippen LogP contribution in [0.1, 0.15) is 0 Å². The number of thiophene rings is 1. The summed E-state index contributed by atoms with van der Waals surface area (Å²) in [5.74, 6) is 1.59. The Morgan fingerprint density at radius 3 is 3.00 bits per heavy atom. The molecule has 0 bridgehead atoms. The zero-order chi connectivity index (χ0) is 12.3. The zero-order valence-electron chi connectivity index (χ0n) is 10.2. The highest BCUT2D eigenvalue weighted by molar-refractivity contribution is 7.16. The van der Waals surface area contributed by atoms with E-state index in [4.69, 9.17) is 4.74 Å². The number of likely N-dealkylation sites (N-methyl/N-ethyl adjacent to an activating group) is 1. The molecule has 0 spiro atoms. The van der Waals surface area contributed by atoms with Crippen molar-refractivity contribution in [2.75, 3.05) is 44.6 Å². The van der Waals surface area contributed by atoms with E-state index in [1.807, 2.05) is 19.5 Å². The molecule has 1 N–H and O–H groups in total. The predicted molar refractivity (Wildman–Crippen MR) is 72.1 cm³/mol. The topological polar surface area (TPSA) is 50.3 Å². The summed E-state index contributed by atoms with van der Waals surface area (Å²) in [7, 11) is 5.54. The van der Waals surface area contributed by atoms with Crippen LogP contribution in [0.5, 0.6) is 0 Å². The summed E-state index contributed by atoms with van der Waals surface area (Å²) in [5, 5.41) is 6.11. The zero-order valence-corrected chi connectivity index (χ0v) is 11.0. The Kier molecular flexibility index (Phi) is 3.75. The third kappa shape index (κ3) is 2.48. The fourth-order valence-corrected chi connectivity index (χ4v) is 2.34. The van der Waals surface area contributed by atoms with E-state index in [1.165, 1.54) is 0 Å². The summed E-state index contributed by atoms with van der Waals surface area (Å²) < 4.78 is 5.09. The van der Waals surface area contributed by atoms with Gasteiger partial charge in [0.05, 0.1) is 12.0 Å². The molecule has 2 rings (SSSR count). The molecule has 0 radical (unpaired) electrons. The van der Waals surface area contributed by atoms with E-state index in [2.05, 4.69) is 26.3 Å². The van der Waals surface area contributed by atoms with Gasteiger partial charge < -0.3 is 15.0 Å². The third-order valence-corrected chi connectivity index (χ3v) is 3.33. The normalized spacial score (nSPS) is 10.8. The van der Waals surface area contributed by atoms with Crippen LogP contribution in [-0.2, 0) is 4.74 Å².